The summed E-state index contributed by atoms with van der Waals surface area (Å²) < 4.78 is 0. The fourth-order valence-corrected chi connectivity index (χ4v) is 3.67. The Kier molecular flexibility index (Phi) is 6.80. The fourth-order valence-electron chi connectivity index (χ4n) is 3.33. The van der Waals surface area contributed by atoms with Crippen LogP contribution in [0.1, 0.15) is 22.7 Å². The summed E-state index contributed by atoms with van der Waals surface area (Å²) in [4.78, 5) is 13.3. The minimum absolute atomic E-state index is 0.000672. The van der Waals surface area contributed by atoms with E-state index in [4.69, 9.17) is 17.3 Å². The summed E-state index contributed by atoms with van der Waals surface area (Å²) >= 11 is 6.55. The van der Waals surface area contributed by atoms with Crippen molar-refractivity contribution in [2.75, 3.05) is 0 Å². The summed E-state index contributed by atoms with van der Waals surface area (Å²) in [5.41, 5.74) is 9.64. The van der Waals surface area contributed by atoms with E-state index in [1.54, 1.807) is 0 Å². The first-order chi connectivity index (χ1) is 13.1. The number of hydrogen-bond donors (Lipinski definition) is 1. The Morgan fingerprint density at radius 1 is 0.741 bits per heavy atom. The molecule has 0 aliphatic rings. The summed E-state index contributed by atoms with van der Waals surface area (Å²) in [5.74, 6) is -0.373. The van der Waals surface area contributed by atoms with Gasteiger partial charge >= 0.3 is 0 Å². The Labute approximate surface area is 166 Å². The molecule has 0 aromatic heterocycles. The van der Waals surface area contributed by atoms with Crippen LogP contribution in [-0.2, 0) is 17.6 Å². The topological polar surface area (TPSA) is 43.1 Å². The van der Waals surface area contributed by atoms with E-state index < -0.39 is 11.4 Å². The molecule has 0 fully saturated rings. The van der Waals surface area contributed by atoms with Gasteiger partial charge < -0.3 is 5.73 Å². The van der Waals surface area contributed by atoms with E-state index >= 15 is 0 Å². The van der Waals surface area contributed by atoms with Gasteiger partial charge in [-0.1, -0.05) is 91.0 Å². The molecule has 2 nitrogen and oxygen atoms in total. The number of alkyl halides is 1. The highest BCUT2D eigenvalue weighted by Gasteiger charge is 2.31. The molecule has 0 saturated heterocycles. The maximum atomic E-state index is 13.3. The van der Waals surface area contributed by atoms with Crippen molar-refractivity contribution in [3.63, 3.8) is 0 Å². The van der Waals surface area contributed by atoms with Crippen LogP contribution in [0.4, 0.5) is 0 Å². The van der Waals surface area contributed by atoms with Crippen LogP contribution in [0.5, 0.6) is 0 Å². The van der Waals surface area contributed by atoms with Gasteiger partial charge in [-0.05, 0) is 29.5 Å². The largest absolute Gasteiger partial charge is 0.323 e. The smallest absolute Gasteiger partial charge is 0.156 e. The number of ketones is 1. The lowest BCUT2D eigenvalue weighted by atomic mass is 9.83. The van der Waals surface area contributed by atoms with Gasteiger partial charge in [-0.15, -0.1) is 11.6 Å². The van der Waals surface area contributed by atoms with Crippen LogP contribution in [0.15, 0.2) is 91.0 Å². The number of carbonyl (C=O) groups excluding carboxylic acids is 1. The molecule has 0 aliphatic carbocycles. The molecule has 0 saturated carbocycles. The minimum Gasteiger partial charge on any atom is -0.323 e. The van der Waals surface area contributed by atoms with Crippen LogP contribution in [0.25, 0.3) is 0 Å². The van der Waals surface area contributed by atoms with Gasteiger partial charge in [0.05, 0.1) is 5.38 Å². The van der Waals surface area contributed by atoms with Gasteiger partial charge in [0.25, 0.3) is 0 Å². The van der Waals surface area contributed by atoms with Gasteiger partial charge in [-0.2, -0.15) is 0 Å². The summed E-state index contributed by atoms with van der Waals surface area (Å²) in [6, 6.07) is 29.2. The van der Waals surface area contributed by atoms with Crippen molar-refractivity contribution < 1.29 is 4.79 Å². The molecule has 3 aromatic rings. The quantitative estimate of drug-likeness (QED) is 0.563. The molecule has 0 aliphatic heterocycles. The van der Waals surface area contributed by atoms with Crippen molar-refractivity contribution in [2.45, 2.75) is 24.3 Å². The summed E-state index contributed by atoms with van der Waals surface area (Å²) in [5, 5.41) is -0.601. The zero-order chi connectivity index (χ0) is 19.1. The maximum absolute atomic E-state index is 13.3. The molecule has 27 heavy (non-hydrogen) atoms. The number of hydrogen-bond acceptors (Lipinski definition) is 2. The second-order valence-corrected chi connectivity index (χ2v) is 7.32. The third-order valence-electron chi connectivity index (χ3n) is 4.85. The van der Waals surface area contributed by atoms with Crippen LogP contribution in [0, 0.1) is 5.92 Å². The third kappa shape index (κ3) is 5.29. The number of benzene rings is 3. The fraction of sp³-hybridized carbons (Fsp3) is 0.208. The van der Waals surface area contributed by atoms with E-state index in [0.717, 1.165) is 16.7 Å². The standard InChI is InChI=1S/C24H24ClNO/c25-22(17-19-12-6-2-7-13-19)24(27)21(16-18-10-4-1-5-11-18)23(26)20-14-8-3-9-15-20/h1-15,21-23H,16-17,26H2/t21-,22-,23+/m0/s1. The third-order valence-corrected chi connectivity index (χ3v) is 5.22. The molecule has 0 unspecified atom stereocenters. The Morgan fingerprint density at radius 2 is 1.19 bits per heavy atom. The Hall–Kier alpha value is -2.42. The van der Waals surface area contributed by atoms with Crippen LogP contribution >= 0.6 is 11.6 Å². The first-order valence-corrected chi connectivity index (χ1v) is 9.65. The molecule has 2 N–H and O–H groups in total. The molecule has 0 spiro atoms. The summed E-state index contributed by atoms with van der Waals surface area (Å²) in [7, 11) is 0. The average molecular weight is 378 g/mol. The van der Waals surface area contributed by atoms with E-state index in [1.807, 2.05) is 91.0 Å². The van der Waals surface area contributed by atoms with Crippen molar-refractivity contribution in [1.82, 2.24) is 0 Å². The van der Waals surface area contributed by atoms with Crippen LogP contribution in [0.3, 0.4) is 0 Å². The van der Waals surface area contributed by atoms with Crippen molar-refractivity contribution in [3.8, 4) is 0 Å². The number of rotatable bonds is 8. The highest BCUT2D eigenvalue weighted by Crippen LogP contribution is 2.27. The van der Waals surface area contributed by atoms with Crippen LogP contribution in [-0.4, -0.2) is 11.2 Å². The first-order valence-electron chi connectivity index (χ1n) is 9.21. The lowest BCUT2D eigenvalue weighted by Crippen LogP contribution is -2.35. The zero-order valence-corrected chi connectivity index (χ0v) is 15.9. The van der Waals surface area contributed by atoms with Crippen molar-refractivity contribution in [1.29, 1.82) is 0 Å². The monoisotopic (exact) mass is 377 g/mol. The van der Waals surface area contributed by atoms with E-state index in [0.29, 0.717) is 12.8 Å². The minimum atomic E-state index is -0.601. The van der Waals surface area contributed by atoms with Crippen molar-refractivity contribution in [3.05, 3.63) is 108 Å². The molecular formula is C24H24ClNO. The van der Waals surface area contributed by atoms with Gasteiger partial charge in [-0.3, -0.25) is 4.79 Å². The predicted molar refractivity (Wildman–Crippen MR) is 112 cm³/mol. The van der Waals surface area contributed by atoms with E-state index in [-0.39, 0.29) is 11.7 Å². The van der Waals surface area contributed by atoms with E-state index in [1.165, 1.54) is 0 Å². The Bertz CT molecular complexity index is 836. The molecule has 0 heterocycles. The predicted octanol–water partition coefficient (Wildman–Crippen LogP) is 4.96. The SMILES string of the molecule is N[C@H](c1ccccc1)[C@H](Cc1ccccc1)C(=O)[C@@H](Cl)Cc1ccccc1. The second kappa shape index (κ2) is 9.50. The summed E-state index contributed by atoms with van der Waals surface area (Å²) in [6.45, 7) is 0. The van der Waals surface area contributed by atoms with Gasteiger partial charge in [0.15, 0.2) is 5.78 Å². The van der Waals surface area contributed by atoms with Gasteiger partial charge in [0.2, 0.25) is 0 Å². The lowest BCUT2D eigenvalue weighted by Gasteiger charge is -2.25. The molecule has 3 heteroatoms. The number of halogens is 1. The van der Waals surface area contributed by atoms with Gasteiger partial charge in [0, 0.05) is 12.0 Å². The number of Topliss-reactive ketones (excluding diaryl/α,β-unsaturated/α-hetero) is 1. The molecule has 3 aromatic carbocycles. The molecular weight excluding hydrogens is 354 g/mol. The molecule has 138 valence electrons. The Balaban J connectivity index is 1.82. The maximum Gasteiger partial charge on any atom is 0.156 e. The molecule has 0 radical (unpaired) electrons. The lowest BCUT2D eigenvalue weighted by molar-refractivity contribution is -0.123. The number of carbonyl (C=O) groups is 1. The highest BCUT2D eigenvalue weighted by molar-refractivity contribution is 6.31. The number of nitrogens with two attached hydrogens (primary N) is 1. The van der Waals surface area contributed by atoms with Crippen LogP contribution < -0.4 is 5.73 Å². The average Bonchev–Trinajstić information content (AvgIpc) is 2.73. The van der Waals surface area contributed by atoms with Gasteiger partial charge in [0.1, 0.15) is 0 Å². The Morgan fingerprint density at radius 3 is 1.70 bits per heavy atom. The van der Waals surface area contributed by atoms with E-state index in [9.17, 15) is 4.79 Å². The second-order valence-electron chi connectivity index (χ2n) is 6.79. The zero-order valence-electron chi connectivity index (χ0n) is 15.2. The van der Waals surface area contributed by atoms with E-state index in [2.05, 4.69) is 0 Å². The molecule has 3 rings (SSSR count). The normalized spacial score (nSPS) is 14.3. The molecule has 3 atom stereocenters. The van der Waals surface area contributed by atoms with Crippen LogP contribution in [0.2, 0.25) is 0 Å². The van der Waals surface area contributed by atoms with Gasteiger partial charge in [-0.25, -0.2) is 0 Å². The molecule has 0 bridgehead atoms. The van der Waals surface area contributed by atoms with Crippen molar-refractivity contribution in [2.24, 2.45) is 11.7 Å². The van der Waals surface area contributed by atoms with Crippen molar-refractivity contribution >= 4 is 17.4 Å². The first kappa shape index (κ1) is 19.3. The molecule has 0 amide bonds. The highest BCUT2D eigenvalue weighted by atomic mass is 35.5. The summed E-state index contributed by atoms with van der Waals surface area (Å²) in [6.07, 6.45) is 1.09.